The van der Waals surface area contributed by atoms with E-state index in [4.69, 9.17) is 5.73 Å². The first-order valence-electron chi connectivity index (χ1n) is 6.93. The minimum Gasteiger partial charge on any atom is -0.397 e. The van der Waals surface area contributed by atoms with Crippen LogP contribution in [0.2, 0.25) is 0 Å². The first-order valence-corrected chi connectivity index (χ1v) is 7.75. The molecule has 2 aliphatic carbocycles. The van der Waals surface area contributed by atoms with Gasteiger partial charge in [0.25, 0.3) is 5.91 Å². The van der Waals surface area contributed by atoms with Crippen molar-refractivity contribution >= 4 is 27.9 Å². The Balaban J connectivity index is 1.74. The van der Waals surface area contributed by atoms with Crippen molar-refractivity contribution < 1.29 is 4.79 Å². The van der Waals surface area contributed by atoms with Crippen LogP contribution in [0.5, 0.6) is 0 Å². The van der Waals surface area contributed by atoms with Crippen LogP contribution in [0.3, 0.4) is 0 Å². The van der Waals surface area contributed by atoms with E-state index in [0.717, 1.165) is 16.8 Å². The van der Waals surface area contributed by atoms with E-state index in [1.165, 1.54) is 37.0 Å². The maximum absolute atomic E-state index is 12.0. The van der Waals surface area contributed by atoms with Crippen molar-refractivity contribution in [3.63, 3.8) is 0 Å². The van der Waals surface area contributed by atoms with Gasteiger partial charge in [-0.2, -0.15) is 0 Å². The number of carbonyl (C=O) groups is 1. The number of hydrogen-bond donors (Lipinski definition) is 2. The van der Waals surface area contributed by atoms with Gasteiger partial charge < -0.3 is 16.0 Å². The summed E-state index contributed by atoms with van der Waals surface area (Å²) in [6.07, 6.45) is 5.38. The molecule has 19 heavy (non-hydrogen) atoms. The van der Waals surface area contributed by atoms with Crippen molar-refractivity contribution in [1.29, 1.82) is 0 Å². The maximum Gasteiger partial charge on any atom is 0.265 e. The molecule has 2 aliphatic rings. The van der Waals surface area contributed by atoms with E-state index in [1.807, 2.05) is 6.07 Å². The number of amides is 1. The fourth-order valence-electron chi connectivity index (χ4n) is 2.54. The van der Waals surface area contributed by atoms with E-state index >= 15 is 0 Å². The van der Waals surface area contributed by atoms with Gasteiger partial charge in [0.1, 0.15) is 4.88 Å². The Hall–Kier alpha value is -1.23. The Bertz CT molecular complexity index is 477. The lowest BCUT2D eigenvalue weighted by Gasteiger charge is -2.17. The Morgan fingerprint density at radius 3 is 2.42 bits per heavy atom. The number of carbonyl (C=O) groups excluding carboxylic acids is 1. The van der Waals surface area contributed by atoms with Crippen LogP contribution in [-0.2, 0) is 0 Å². The molecule has 0 spiro atoms. The summed E-state index contributed by atoms with van der Waals surface area (Å²) in [6, 6.07) is 2.51. The molecule has 0 saturated heterocycles. The second-order valence-corrected chi connectivity index (χ2v) is 6.99. The molecular formula is C14H21N3OS. The zero-order valence-electron chi connectivity index (χ0n) is 11.5. The third-order valence-corrected chi connectivity index (χ3v) is 5.00. The number of nitrogens with two attached hydrogens (primary N) is 1. The zero-order chi connectivity index (χ0) is 13.6. The Morgan fingerprint density at radius 2 is 1.95 bits per heavy atom. The minimum absolute atomic E-state index is 0.00931. The van der Waals surface area contributed by atoms with Crippen LogP contribution in [-0.4, -0.2) is 30.9 Å². The number of nitrogen functional groups attached to an aromatic ring is 1. The van der Waals surface area contributed by atoms with Gasteiger partial charge in [0.05, 0.1) is 10.7 Å². The highest BCUT2D eigenvalue weighted by atomic mass is 32.1. The van der Waals surface area contributed by atoms with Gasteiger partial charge in [-0.1, -0.05) is 0 Å². The molecule has 4 nitrogen and oxygen atoms in total. The molecule has 1 heterocycles. The van der Waals surface area contributed by atoms with E-state index in [9.17, 15) is 4.79 Å². The molecular weight excluding hydrogens is 258 g/mol. The molecule has 2 fully saturated rings. The maximum atomic E-state index is 12.0. The monoisotopic (exact) mass is 279 g/mol. The van der Waals surface area contributed by atoms with Crippen molar-refractivity contribution in [2.24, 2.45) is 11.8 Å². The Morgan fingerprint density at radius 1 is 1.37 bits per heavy atom. The molecule has 1 aromatic rings. The number of anilines is 2. The molecule has 0 radical (unpaired) electrons. The summed E-state index contributed by atoms with van der Waals surface area (Å²) in [5, 5.41) is 4.67. The van der Waals surface area contributed by atoms with Crippen LogP contribution >= 0.6 is 11.3 Å². The van der Waals surface area contributed by atoms with Gasteiger partial charge in [0.2, 0.25) is 0 Å². The van der Waals surface area contributed by atoms with Gasteiger partial charge in [-0.05, 0) is 43.6 Å². The topological polar surface area (TPSA) is 58.4 Å². The van der Waals surface area contributed by atoms with Gasteiger partial charge in [0, 0.05) is 20.1 Å². The second kappa shape index (κ2) is 4.71. The molecule has 1 aromatic heterocycles. The van der Waals surface area contributed by atoms with E-state index in [-0.39, 0.29) is 5.91 Å². The van der Waals surface area contributed by atoms with Gasteiger partial charge >= 0.3 is 0 Å². The highest BCUT2D eigenvalue weighted by molar-refractivity contribution is 7.18. The molecule has 2 saturated carbocycles. The van der Waals surface area contributed by atoms with Crippen LogP contribution in [0.25, 0.3) is 0 Å². The highest BCUT2D eigenvalue weighted by Crippen LogP contribution is 2.46. The number of nitrogens with one attached hydrogen (secondary N) is 1. The smallest absolute Gasteiger partial charge is 0.265 e. The predicted octanol–water partition coefficient (Wildman–Crippen LogP) is 2.63. The highest BCUT2D eigenvalue weighted by Gasteiger charge is 2.41. The Kier molecular flexibility index (Phi) is 3.17. The largest absolute Gasteiger partial charge is 0.397 e. The van der Waals surface area contributed by atoms with Crippen molar-refractivity contribution in [2.45, 2.75) is 31.7 Å². The number of nitrogens with zero attached hydrogens (tertiary/aromatic N) is 1. The second-order valence-electron chi connectivity index (χ2n) is 5.94. The third-order valence-electron chi connectivity index (χ3n) is 3.93. The summed E-state index contributed by atoms with van der Waals surface area (Å²) in [7, 11) is 3.51. The predicted molar refractivity (Wildman–Crippen MR) is 79.6 cm³/mol. The van der Waals surface area contributed by atoms with E-state index in [1.54, 1.807) is 19.0 Å². The van der Waals surface area contributed by atoms with Crippen LogP contribution < -0.4 is 11.1 Å². The van der Waals surface area contributed by atoms with Crippen LogP contribution in [0.1, 0.15) is 35.4 Å². The summed E-state index contributed by atoms with van der Waals surface area (Å²) in [5.74, 6) is 1.66. The zero-order valence-corrected chi connectivity index (χ0v) is 12.3. The van der Waals surface area contributed by atoms with E-state index in [0.29, 0.717) is 16.6 Å². The molecule has 1 amide bonds. The fraction of sp³-hybridized carbons (Fsp3) is 0.643. The normalized spacial score (nSPS) is 18.7. The molecule has 3 N–H and O–H groups in total. The lowest BCUT2D eigenvalue weighted by molar-refractivity contribution is 0.0833. The molecule has 104 valence electrons. The minimum atomic E-state index is -0.00931. The number of hydrogen-bond acceptors (Lipinski definition) is 4. The third kappa shape index (κ3) is 2.71. The van der Waals surface area contributed by atoms with Gasteiger partial charge in [-0.15, -0.1) is 11.3 Å². The van der Waals surface area contributed by atoms with Crippen LogP contribution in [0.4, 0.5) is 10.7 Å². The summed E-state index contributed by atoms with van der Waals surface area (Å²) < 4.78 is 0. The van der Waals surface area contributed by atoms with Crippen LogP contribution in [0, 0.1) is 11.8 Å². The summed E-state index contributed by atoms with van der Waals surface area (Å²) >= 11 is 1.49. The fourth-order valence-corrected chi connectivity index (χ4v) is 3.59. The number of rotatable bonds is 5. The summed E-state index contributed by atoms with van der Waals surface area (Å²) in [4.78, 5) is 14.2. The van der Waals surface area contributed by atoms with Gasteiger partial charge in [-0.3, -0.25) is 4.79 Å². The Labute approximate surface area is 118 Å². The molecule has 0 bridgehead atoms. The summed E-state index contributed by atoms with van der Waals surface area (Å²) in [5.41, 5.74) is 6.56. The van der Waals surface area contributed by atoms with Gasteiger partial charge in [-0.25, -0.2) is 0 Å². The first-order chi connectivity index (χ1) is 9.06. The van der Waals surface area contributed by atoms with Crippen molar-refractivity contribution in [1.82, 2.24) is 4.90 Å². The lowest BCUT2D eigenvalue weighted by Crippen LogP contribution is -2.23. The van der Waals surface area contributed by atoms with Crippen LogP contribution in [0.15, 0.2) is 6.07 Å². The van der Waals surface area contributed by atoms with E-state index < -0.39 is 0 Å². The SMILES string of the molecule is CN(C)C(=O)c1sc(NC(C2CC2)C2CC2)cc1N. The van der Waals surface area contributed by atoms with Gasteiger partial charge in [0.15, 0.2) is 0 Å². The molecule has 0 aliphatic heterocycles. The average Bonchev–Trinajstić information content (AvgIpc) is 3.24. The molecule has 0 unspecified atom stereocenters. The van der Waals surface area contributed by atoms with Crippen molar-refractivity contribution in [2.75, 3.05) is 25.1 Å². The molecule has 0 atom stereocenters. The van der Waals surface area contributed by atoms with E-state index in [2.05, 4.69) is 5.32 Å². The van der Waals surface area contributed by atoms with Crippen molar-refractivity contribution in [3.05, 3.63) is 10.9 Å². The summed E-state index contributed by atoms with van der Waals surface area (Å²) in [6.45, 7) is 0. The first kappa shape index (κ1) is 12.8. The quantitative estimate of drug-likeness (QED) is 0.871. The molecule has 0 aromatic carbocycles. The molecule has 3 rings (SSSR count). The standard InChI is InChI=1S/C14H21N3OS/c1-17(2)14(18)13-10(15)7-11(19-13)16-12(8-3-4-8)9-5-6-9/h7-9,12,16H,3-6,15H2,1-2H3. The lowest BCUT2D eigenvalue weighted by atomic mass is 10.1. The number of thiophene rings is 1. The molecule has 5 heteroatoms. The van der Waals surface area contributed by atoms with Crippen molar-refractivity contribution in [3.8, 4) is 0 Å². The average molecular weight is 279 g/mol.